The number of anilines is 1. The zero-order chi connectivity index (χ0) is 19.4. The van der Waals surface area contributed by atoms with Gasteiger partial charge in [-0.15, -0.1) is 0 Å². The number of nitrogens with zero attached hydrogens (tertiary/aromatic N) is 1. The number of benzene rings is 2. The van der Waals surface area contributed by atoms with E-state index < -0.39 is 12.8 Å². The highest BCUT2D eigenvalue weighted by molar-refractivity contribution is 6.30. The van der Waals surface area contributed by atoms with E-state index in [-0.39, 0.29) is 18.1 Å². The molecule has 3 aromatic rings. The highest BCUT2D eigenvalue weighted by Crippen LogP contribution is 2.28. The monoisotopic (exact) mass is 394 g/mol. The molecule has 0 aliphatic rings. The first kappa shape index (κ1) is 19.0. The van der Waals surface area contributed by atoms with Gasteiger partial charge in [0.15, 0.2) is 6.61 Å². The van der Waals surface area contributed by atoms with Crippen LogP contribution in [-0.2, 0) is 11.2 Å². The van der Waals surface area contributed by atoms with Crippen molar-refractivity contribution in [3.63, 3.8) is 0 Å². The second-order valence-electron chi connectivity index (χ2n) is 5.83. The summed E-state index contributed by atoms with van der Waals surface area (Å²) < 4.78 is 41.8. The minimum atomic E-state index is -4.43. The van der Waals surface area contributed by atoms with Gasteiger partial charge in [-0.05, 0) is 35.9 Å². The fourth-order valence-electron chi connectivity index (χ4n) is 2.52. The predicted octanol–water partition coefficient (Wildman–Crippen LogP) is 5.01. The number of hydrogen-bond acceptors (Lipinski definition) is 3. The maximum atomic E-state index is 12.3. The molecule has 4 nitrogen and oxygen atoms in total. The Bertz CT molecular complexity index is 977. The number of alkyl halides is 3. The predicted molar refractivity (Wildman–Crippen MR) is 97.1 cm³/mol. The first-order valence-electron chi connectivity index (χ1n) is 7.92. The molecular formula is C19H14ClF3N2O2. The number of ether oxygens (including phenoxy) is 1. The second kappa shape index (κ2) is 7.84. The van der Waals surface area contributed by atoms with Gasteiger partial charge in [-0.1, -0.05) is 23.7 Å². The summed E-state index contributed by atoms with van der Waals surface area (Å²) in [6.45, 7) is -1.39. The molecule has 1 aromatic heterocycles. The van der Waals surface area contributed by atoms with Gasteiger partial charge in [0.1, 0.15) is 5.75 Å². The number of hydrogen-bond donors (Lipinski definition) is 1. The average molecular weight is 395 g/mol. The average Bonchev–Trinajstić information content (AvgIpc) is 2.59. The topological polar surface area (TPSA) is 51.2 Å². The molecule has 0 saturated carbocycles. The molecule has 0 saturated heterocycles. The molecule has 0 atom stereocenters. The Morgan fingerprint density at radius 3 is 2.70 bits per heavy atom. The summed E-state index contributed by atoms with van der Waals surface area (Å²) in [5.74, 6) is -0.246. The number of halogens is 4. The van der Waals surface area contributed by atoms with Crippen LogP contribution < -0.4 is 10.1 Å². The van der Waals surface area contributed by atoms with E-state index in [0.717, 1.165) is 5.56 Å². The van der Waals surface area contributed by atoms with Crippen molar-refractivity contribution >= 4 is 34.0 Å². The van der Waals surface area contributed by atoms with Crippen LogP contribution in [0.2, 0.25) is 5.02 Å². The second-order valence-corrected chi connectivity index (χ2v) is 6.27. The minimum absolute atomic E-state index is 0.0522. The molecule has 8 heteroatoms. The van der Waals surface area contributed by atoms with Crippen molar-refractivity contribution < 1.29 is 22.7 Å². The van der Waals surface area contributed by atoms with E-state index in [1.165, 1.54) is 18.3 Å². The first-order valence-corrected chi connectivity index (χ1v) is 8.29. The molecule has 0 bridgehead atoms. The van der Waals surface area contributed by atoms with Crippen LogP contribution in [0.5, 0.6) is 5.75 Å². The molecule has 140 valence electrons. The van der Waals surface area contributed by atoms with Crippen LogP contribution >= 0.6 is 11.6 Å². The third kappa shape index (κ3) is 5.34. The Kier molecular flexibility index (Phi) is 5.51. The molecule has 1 amide bonds. The molecule has 0 fully saturated rings. The lowest BCUT2D eigenvalue weighted by atomic mass is 10.1. The quantitative estimate of drug-likeness (QED) is 0.661. The third-order valence-electron chi connectivity index (χ3n) is 3.66. The Morgan fingerprint density at radius 2 is 1.96 bits per heavy atom. The molecule has 27 heavy (non-hydrogen) atoms. The SMILES string of the molecule is O=C(Cc1cccc(Cl)c1)Nc1cncc2ccc(OCC(F)(F)F)cc12. The molecule has 0 aliphatic carbocycles. The number of pyridine rings is 1. The van der Waals surface area contributed by atoms with Crippen LogP contribution in [0.3, 0.4) is 0 Å². The zero-order valence-corrected chi connectivity index (χ0v) is 14.6. The minimum Gasteiger partial charge on any atom is -0.484 e. The number of amides is 1. The van der Waals surface area contributed by atoms with Crippen molar-refractivity contribution in [3.05, 3.63) is 65.4 Å². The highest BCUT2D eigenvalue weighted by atomic mass is 35.5. The number of carbonyl (C=O) groups is 1. The Labute approximate surface area is 157 Å². The lowest BCUT2D eigenvalue weighted by Crippen LogP contribution is -2.19. The van der Waals surface area contributed by atoms with Crippen LogP contribution in [-0.4, -0.2) is 23.7 Å². The number of nitrogens with one attached hydrogen (secondary N) is 1. The summed E-state index contributed by atoms with van der Waals surface area (Å²) in [4.78, 5) is 16.4. The molecule has 0 unspecified atom stereocenters. The van der Waals surface area contributed by atoms with Gasteiger partial charge in [-0.2, -0.15) is 13.2 Å². The van der Waals surface area contributed by atoms with Crippen LogP contribution in [0.15, 0.2) is 54.9 Å². The fourth-order valence-corrected chi connectivity index (χ4v) is 2.74. The normalized spacial score (nSPS) is 11.4. The van der Waals surface area contributed by atoms with Gasteiger partial charge in [0, 0.05) is 22.0 Å². The molecule has 1 N–H and O–H groups in total. The van der Waals surface area contributed by atoms with E-state index in [4.69, 9.17) is 16.3 Å². The van der Waals surface area contributed by atoms with Gasteiger partial charge in [0.2, 0.25) is 5.91 Å². The molecule has 2 aromatic carbocycles. The summed E-state index contributed by atoms with van der Waals surface area (Å²) >= 11 is 5.91. The van der Waals surface area contributed by atoms with Crippen LogP contribution in [0.4, 0.5) is 18.9 Å². The fraction of sp³-hybridized carbons (Fsp3) is 0.158. The van der Waals surface area contributed by atoms with Crippen molar-refractivity contribution in [1.82, 2.24) is 4.98 Å². The molecule has 1 heterocycles. The summed E-state index contributed by atoms with van der Waals surface area (Å²) in [6, 6.07) is 11.4. The molecule has 0 radical (unpaired) electrons. The smallest absolute Gasteiger partial charge is 0.422 e. The van der Waals surface area contributed by atoms with Gasteiger partial charge in [0.25, 0.3) is 0 Å². The van der Waals surface area contributed by atoms with Crippen LogP contribution in [0.1, 0.15) is 5.56 Å². The molecular weight excluding hydrogens is 381 g/mol. The van der Waals surface area contributed by atoms with Gasteiger partial charge < -0.3 is 10.1 Å². The van der Waals surface area contributed by atoms with Crippen molar-refractivity contribution in [2.24, 2.45) is 0 Å². The Hall–Kier alpha value is -2.80. The van der Waals surface area contributed by atoms with E-state index >= 15 is 0 Å². The number of fused-ring (bicyclic) bond motifs is 1. The summed E-state index contributed by atoms with van der Waals surface area (Å²) in [5.41, 5.74) is 1.12. The first-order chi connectivity index (χ1) is 12.8. The maximum absolute atomic E-state index is 12.3. The largest absolute Gasteiger partial charge is 0.484 e. The van der Waals surface area contributed by atoms with E-state index in [1.807, 2.05) is 0 Å². The van der Waals surface area contributed by atoms with E-state index in [0.29, 0.717) is 21.5 Å². The summed E-state index contributed by atoms with van der Waals surface area (Å²) in [6.07, 6.45) is -1.34. The van der Waals surface area contributed by atoms with E-state index in [9.17, 15) is 18.0 Å². The van der Waals surface area contributed by atoms with Crippen molar-refractivity contribution in [1.29, 1.82) is 0 Å². The Morgan fingerprint density at radius 1 is 1.15 bits per heavy atom. The molecule has 0 spiro atoms. The maximum Gasteiger partial charge on any atom is 0.422 e. The van der Waals surface area contributed by atoms with E-state index in [2.05, 4.69) is 10.3 Å². The standard InChI is InChI=1S/C19H14ClF3N2O2/c20-14-3-1-2-12(6-14)7-18(26)25-17-10-24-9-13-4-5-15(8-16(13)17)27-11-19(21,22)23/h1-6,8-10H,7,11H2,(H,25,26). The Balaban J connectivity index is 1.79. The van der Waals surface area contributed by atoms with E-state index in [1.54, 1.807) is 36.5 Å². The lowest BCUT2D eigenvalue weighted by molar-refractivity contribution is -0.153. The van der Waals surface area contributed by atoms with Gasteiger partial charge in [0.05, 0.1) is 18.3 Å². The van der Waals surface area contributed by atoms with Gasteiger partial charge >= 0.3 is 6.18 Å². The van der Waals surface area contributed by atoms with Crippen molar-refractivity contribution in [2.45, 2.75) is 12.6 Å². The highest BCUT2D eigenvalue weighted by Gasteiger charge is 2.28. The van der Waals surface area contributed by atoms with Crippen LogP contribution in [0, 0.1) is 0 Å². The zero-order valence-electron chi connectivity index (χ0n) is 13.9. The number of rotatable bonds is 5. The lowest BCUT2D eigenvalue weighted by Gasteiger charge is -2.12. The third-order valence-corrected chi connectivity index (χ3v) is 3.90. The van der Waals surface area contributed by atoms with Crippen LogP contribution in [0.25, 0.3) is 10.8 Å². The summed E-state index contributed by atoms with van der Waals surface area (Å²) in [7, 11) is 0. The van der Waals surface area contributed by atoms with Crippen molar-refractivity contribution in [2.75, 3.05) is 11.9 Å². The molecule has 0 aliphatic heterocycles. The number of carbonyl (C=O) groups excluding carboxylic acids is 1. The van der Waals surface area contributed by atoms with Gasteiger partial charge in [-0.25, -0.2) is 0 Å². The number of aromatic nitrogens is 1. The van der Waals surface area contributed by atoms with Crippen molar-refractivity contribution in [3.8, 4) is 5.75 Å². The van der Waals surface area contributed by atoms with Gasteiger partial charge in [-0.3, -0.25) is 9.78 Å². The molecule has 3 rings (SSSR count). The summed E-state index contributed by atoms with van der Waals surface area (Å²) in [5, 5.41) is 4.45.